The Kier molecular flexibility index (Phi) is 2.53. The molecule has 1 N–H and O–H groups in total. The summed E-state index contributed by atoms with van der Waals surface area (Å²) in [5, 5.41) is 3.38. The molecule has 0 aliphatic carbocycles. The molecule has 3 nitrogen and oxygen atoms in total. The van der Waals surface area contributed by atoms with E-state index in [1.54, 1.807) is 0 Å². The summed E-state index contributed by atoms with van der Waals surface area (Å²) in [5.41, 5.74) is 3.55. The Hall–Kier alpha value is -1.13. The molecule has 3 rings (SSSR count). The lowest BCUT2D eigenvalue weighted by molar-refractivity contribution is 0.517. The molecule has 1 aliphatic heterocycles. The van der Waals surface area contributed by atoms with Crippen LogP contribution < -0.4 is 5.32 Å². The Labute approximate surface area is 103 Å². The fraction of sp³-hybridized carbons (Fsp3) is 0.250. The van der Waals surface area contributed by atoms with Crippen molar-refractivity contribution in [3.05, 3.63) is 40.8 Å². The molecule has 0 unspecified atom stereocenters. The van der Waals surface area contributed by atoms with Gasteiger partial charge in [0, 0.05) is 29.7 Å². The zero-order valence-corrected chi connectivity index (χ0v) is 10.4. The van der Waals surface area contributed by atoms with Gasteiger partial charge in [-0.1, -0.05) is 28.1 Å². The Bertz CT molecular complexity index is 519. The lowest BCUT2D eigenvalue weighted by Gasteiger charge is -2.16. The minimum absolute atomic E-state index is 0.905. The van der Waals surface area contributed by atoms with Gasteiger partial charge in [-0.15, -0.1) is 0 Å². The summed E-state index contributed by atoms with van der Waals surface area (Å²) in [5.74, 6) is 0. The van der Waals surface area contributed by atoms with E-state index in [1.165, 1.54) is 11.3 Å². The Balaban J connectivity index is 2.09. The van der Waals surface area contributed by atoms with Crippen LogP contribution >= 0.6 is 15.9 Å². The smallest absolute Gasteiger partial charge is 0.0956 e. The number of halogens is 1. The van der Waals surface area contributed by atoms with E-state index in [-0.39, 0.29) is 0 Å². The summed E-state index contributed by atoms with van der Waals surface area (Å²) in [6.45, 7) is 2.94. The highest BCUT2D eigenvalue weighted by Crippen LogP contribution is 2.25. The monoisotopic (exact) mass is 277 g/mol. The average Bonchev–Trinajstić information content (AvgIpc) is 2.72. The Morgan fingerprint density at radius 3 is 3.19 bits per heavy atom. The molecule has 2 heterocycles. The molecule has 0 bridgehead atoms. The molecule has 0 atom stereocenters. The molecule has 0 radical (unpaired) electrons. The van der Waals surface area contributed by atoms with Crippen molar-refractivity contribution >= 4 is 15.9 Å². The summed E-state index contributed by atoms with van der Waals surface area (Å²) in [6, 6.07) is 8.28. The predicted octanol–water partition coefficient (Wildman–Crippen LogP) is 2.42. The maximum absolute atomic E-state index is 4.51. The van der Waals surface area contributed by atoms with Crippen molar-refractivity contribution in [3.8, 4) is 11.3 Å². The van der Waals surface area contributed by atoms with Gasteiger partial charge in [0.15, 0.2) is 0 Å². The van der Waals surface area contributed by atoms with E-state index in [4.69, 9.17) is 0 Å². The van der Waals surface area contributed by atoms with Gasteiger partial charge in [-0.3, -0.25) is 0 Å². The molecule has 0 fully saturated rings. The third kappa shape index (κ3) is 1.68. The first-order valence-electron chi connectivity index (χ1n) is 5.35. The highest BCUT2D eigenvalue weighted by atomic mass is 79.9. The molecule has 16 heavy (non-hydrogen) atoms. The number of hydrogen-bond donors (Lipinski definition) is 1. The molecule has 4 heteroatoms. The van der Waals surface area contributed by atoms with Crippen LogP contribution in [-0.2, 0) is 13.1 Å². The molecule has 0 amide bonds. The van der Waals surface area contributed by atoms with Crippen molar-refractivity contribution in [2.45, 2.75) is 13.1 Å². The summed E-state index contributed by atoms with van der Waals surface area (Å²) in [7, 11) is 0. The van der Waals surface area contributed by atoms with Crippen LogP contribution in [0.2, 0.25) is 0 Å². The number of nitrogens with one attached hydrogen (secondary N) is 1. The number of rotatable bonds is 1. The summed E-state index contributed by atoms with van der Waals surface area (Å²) < 4.78 is 3.32. The molecule has 1 aliphatic rings. The van der Waals surface area contributed by atoms with Crippen molar-refractivity contribution in [1.29, 1.82) is 0 Å². The van der Waals surface area contributed by atoms with Crippen LogP contribution in [0, 0.1) is 0 Å². The minimum atomic E-state index is 0.905. The fourth-order valence-corrected chi connectivity index (χ4v) is 2.47. The van der Waals surface area contributed by atoms with Crippen LogP contribution in [0.25, 0.3) is 11.3 Å². The van der Waals surface area contributed by atoms with E-state index in [2.05, 4.69) is 42.9 Å². The lowest BCUT2D eigenvalue weighted by Crippen LogP contribution is -2.27. The molecule has 1 aromatic heterocycles. The molecule has 0 saturated carbocycles. The van der Waals surface area contributed by atoms with E-state index in [0.717, 1.165) is 29.8 Å². The lowest BCUT2D eigenvalue weighted by atomic mass is 10.1. The third-order valence-electron chi connectivity index (χ3n) is 2.87. The quantitative estimate of drug-likeness (QED) is 0.868. The van der Waals surface area contributed by atoms with E-state index in [0.29, 0.717) is 0 Å². The van der Waals surface area contributed by atoms with E-state index < -0.39 is 0 Å². The topological polar surface area (TPSA) is 29.9 Å². The molecule has 2 aromatic rings. The van der Waals surface area contributed by atoms with Crippen molar-refractivity contribution in [1.82, 2.24) is 14.9 Å². The zero-order valence-electron chi connectivity index (χ0n) is 8.78. The molecular weight excluding hydrogens is 266 g/mol. The number of nitrogens with zero attached hydrogens (tertiary/aromatic N) is 2. The highest BCUT2D eigenvalue weighted by Gasteiger charge is 2.15. The van der Waals surface area contributed by atoms with Crippen LogP contribution in [0.3, 0.4) is 0 Å². The summed E-state index contributed by atoms with van der Waals surface area (Å²) in [6.07, 6.45) is 1.94. The first kappa shape index (κ1) is 10.1. The number of aromatic nitrogens is 2. The largest absolute Gasteiger partial charge is 0.332 e. The maximum Gasteiger partial charge on any atom is 0.0956 e. The van der Waals surface area contributed by atoms with Gasteiger partial charge < -0.3 is 9.88 Å². The van der Waals surface area contributed by atoms with Gasteiger partial charge in [0.1, 0.15) is 0 Å². The fourth-order valence-electron chi connectivity index (χ4n) is 2.07. The second kappa shape index (κ2) is 4.03. The van der Waals surface area contributed by atoms with Crippen LogP contribution in [-0.4, -0.2) is 16.1 Å². The standard InChI is InChI=1S/C12H12BrN3/c13-10-3-1-2-9(6-10)12-11-7-14-4-5-16(11)8-15-12/h1-3,6,8,14H,4-5,7H2. The van der Waals surface area contributed by atoms with Gasteiger partial charge in [-0.2, -0.15) is 0 Å². The number of hydrogen-bond acceptors (Lipinski definition) is 2. The van der Waals surface area contributed by atoms with Gasteiger partial charge in [0.2, 0.25) is 0 Å². The Morgan fingerprint density at radius 1 is 1.38 bits per heavy atom. The van der Waals surface area contributed by atoms with Gasteiger partial charge in [0.05, 0.1) is 17.7 Å². The maximum atomic E-state index is 4.51. The van der Waals surface area contributed by atoms with E-state index in [1.807, 2.05) is 18.5 Å². The number of imidazole rings is 1. The minimum Gasteiger partial charge on any atom is -0.332 e. The molecular formula is C12H12BrN3. The van der Waals surface area contributed by atoms with Gasteiger partial charge >= 0.3 is 0 Å². The van der Waals surface area contributed by atoms with Crippen LogP contribution in [0.5, 0.6) is 0 Å². The van der Waals surface area contributed by atoms with E-state index in [9.17, 15) is 0 Å². The third-order valence-corrected chi connectivity index (χ3v) is 3.36. The molecule has 0 saturated heterocycles. The summed E-state index contributed by atoms with van der Waals surface area (Å²) >= 11 is 3.49. The predicted molar refractivity (Wildman–Crippen MR) is 67.1 cm³/mol. The summed E-state index contributed by atoms with van der Waals surface area (Å²) in [4.78, 5) is 4.51. The molecule has 82 valence electrons. The van der Waals surface area contributed by atoms with Gasteiger partial charge in [-0.25, -0.2) is 4.98 Å². The van der Waals surface area contributed by atoms with Crippen LogP contribution in [0.4, 0.5) is 0 Å². The van der Waals surface area contributed by atoms with Crippen molar-refractivity contribution in [2.75, 3.05) is 6.54 Å². The molecule has 0 spiro atoms. The zero-order chi connectivity index (χ0) is 11.0. The van der Waals surface area contributed by atoms with Crippen molar-refractivity contribution in [3.63, 3.8) is 0 Å². The van der Waals surface area contributed by atoms with E-state index >= 15 is 0 Å². The van der Waals surface area contributed by atoms with Crippen molar-refractivity contribution < 1.29 is 0 Å². The average molecular weight is 278 g/mol. The second-order valence-electron chi connectivity index (χ2n) is 3.92. The first-order valence-corrected chi connectivity index (χ1v) is 6.14. The number of benzene rings is 1. The SMILES string of the molecule is Brc1cccc(-c2ncn3c2CNCC3)c1. The normalized spacial score (nSPS) is 14.8. The first-order chi connectivity index (χ1) is 7.84. The molecule has 1 aromatic carbocycles. The van der Waals surface area contributed by atoms with Gasteiger partial charge in [-0.05, 0) is 12.1 Å². The number of fused-ring (bicyclic) bond motifs is 1. The highest BCUT2D eigenvalue weighted by molar-refractivity contribution is 9.10. The second-order valence-corrected chi connectivity index (χ2v) is 4.84. The van der Waals surface area contributed by atoms with Crippen molar-refractivity contribution in [2.24, 2.45) is 0 Å². The van der Waals surface area contributed by atoms with Crippen LogP contribution in [0.1, 0.15) is 5.69 Å². The Morgan fingerprint density at radius 2 is 2.31 bits per heavy atom. The van der Waals surface area contributed by atoms with Gasteiger partial charge in [0.25, 0.3) is 0 Å². The van der Waals surface area contributed by atoms with Crippen LogP contribution in [0.15, 0.2) is 35.1 Å².